The van der Waals surface area contributed by atoms with Crippen LogP contribution in [-0.2, 0) is 0 Å². The van der Waals surface area contributed by atoms with E-state index in [2.05, 4.69) is 17.6 Å². The van der Waals surface area contributed by atoms with Gasteiger partial charge < -0.3 is 36.1 Å². The number of hydrogen-bond donors (Lipinski definition) is 5. The van der Waals surface area contributed by atoms with Crippen LogP contribution in [0.4, 0.5) is 0 Å². The van der Waals surface area contributed by atoms with E-state index in [1.807, 2.05) is 24.3 Å². The van der Waals surface area contributed by atoms with Crippen molar-refractivity contribution < 1.29 is 24.5 Å². The number of benzene rings is 3. The first-order valence-corrected chi connectivity index (χ1v) is 12.6. The van der Waals surface area contributed by atoms with Gasteiger partial charge in [0.2, 0.25) is 5.91 Å². The van der Waals surface area contributed by atoms with E-state index in [9.17, 15) is 15.0 Å². The smallest absolute Gasteiger partial charge is 0.248 e. The molecule has 0 aliphatic rings. The van der Waals surface area contributed by atoms with Crippen molar-refractivity contribution in [2.45, 2.75) is 38.3 Å². The maximum absolute atomic E-state index is 11.5. The van der Waals surface area contributed by atoms with Crippen LogP contribution in [0.1, 0.15) is 48.1 Å². The number of rotatable bonds is 16. The zero-order chi connectivity index (χ0) is 26.5. The average Bonchev–Trinajstić information content (AvgIpc) is 2.89. The summed E-state index contributed by atoms with van der Waals surface area (Å²) in [4.78, 5) is 11.5. The predicted molar refractivity (Wildman–Crippen MR) is 144 cm³/mol. The maximum atomic E-state index is 11.5. The van der Waals surface area contributed by atoms with Crippen LogP contribution in [-0.4, -0.2) is 48.5 Å². The molecule has 2 atom stereocenters. The fourth-order valence-electron chi connectivity index (χ4n) is 3.95. The topological polar surface area (TPSA) is 126 Å². The molecule has 8 heteroatoms. The molecule has 0 spiro atoms. The van der Waals surface area contributed by atoms with E-state index in [0.29, 0.717) is 30.3 Å². The third-order valence-corrected chi connectivity index (χ3v) is 5.96. The minimum atomic E-state index is -0.446. The highest BCUT2D eigenvalue weighted by atomic mass is 16.5. The van der Waals surface area contributed by atoms with E-state index in [0.717, 1.165) is 37.9 Å². The van der Waals surface area contributed by atoms with Crippen LogP contribution in [0.5, 0.6) is 23.0 Å². The van der Waals surface area contributed by atoms with E-state index in [4.69, 9.17) is 15.2 Å². The van der Waals surface area contributed by atoms with Crippen LogP contribution in [0.2, 0.25) is 0 Å². The Morgan fingerprint density at radius 1 is 0.811 bits per heavy atom. The third-order valence-electron chi connectivity index (χ3n) is 5.96. The minimum Gasteiger partial charge on any atom is -0.504 e. The zero-order valence-electron chi connectivity index (χ0n) is 21.2. The van der Waals surface area contributed by atoms with Crippen LogP contribution in [0.15, 0.2) is 72.8 Å². The lowest BCUT2D eigenvalue weighted by Gasteiger charge is -2.24. The molecule has 0 aromatic heterocycles. The van der Waals surface area contributed by atoms with Crippen LogP contribution in [0, 0.1) is 0 Å². The summed E-state index contributed by atoms with van der Waals surface area (Å²) in [6.45, 7) is 4.61. The molecule has 0 heterocycles. The molecule has 0 aliphatic heterocycles. The van der Waals surface area contributed by atoms with Gasteiger partial charge in [0.25, 0.3) is 0 Å². The van der Waals surface area contributed by atoms with Crippen molar-refractivity contribution in [1.29, 1.82) is 0 Å². The van der Waals surface area contributed by atoms with Crippen molar-refractivity contribution in [1.82, 2.24) is 10.6 Å². The van der Waals surface area contributed by atoms with Gasteiger partial charge >= 0.3 is 0 Å². The van der Waals surface area contributed by atoms with Gasteiger partial charge in [-0.05, 0) is 81.2 Å². The maximum Gasteiger partial charge on any atom is 0.248 e. The molecule has 0 bridgehead atoms. The number of ether oxygens (including phenoxy) is 2. The number of nitrogens with one attached hydrogen (secondary N) is 2. The molecule has 6 N–H and O–H groups in total. The molecule has 2 unspecified atom stereocenters. The molecule has 0 aliphatic carbocycles. The molecular weight excluding hydrogens is 470 g/mol. The Morgan fingerprint density at radius 2 is 1.32 bits per heavy atom. The van der Waals surface area contributed by atoms with Crippen molar-refractivity contribution in [3.05, 3.63) is 83.9 Å². The SMILES string of the molecule is CC(CC(NCCCOc1ccccc1O)c1ccc(C(N)=O)cc1)NCCCOc1ccccc1O. The number of phenolic OH excluding ortho intramolecular Hbond substituents is 2. The normalized spacial score (nSPS) is 12.6. The summed E-state index contributed by atoms with van der Waals surface area (Å²) < 4.78 is 11.3. The second kappa shape index (κ2) is 14.7. The number of primary amides is 1. The van der Waals surface area contributed by atoms with Crippen molar-refractivity contribution in [3.63, 3.8) is 0 Å². The summed E-state index contributed by atoms with van der Waals surface area (Å²) in [5, 5.41) is 26.8. The number of para-hydroxylation sites is 4. The molecule has 8 nitrogen and oxygen atoms in total. The predicted octanol–water partition coefficient (Wildman–Crippen LogP) is 4.13. The Balaban J connectivity index is 1.46. The average molecular weight is 508 g/mol. The van der Waals surface area contributed by atoms with E-state index in [1.165, 1.54) is 0 Å². The van der Waals surface area contributed by atoms with Crippen molar-refractivity contribution in [3.8, 4) is 23.0 Å². The summed E-state index contributed by atoms with van der Waals surface area (Å²) in [7, 11) is 0. The molecular formula is C29H37N3O5. The Kier molecular flexibility index (Phi) is 11.1. The van der Waals surface area contributed by atoms with E-state index in [-0.39, 0.29) is 23.6 Å². The van der Waals surface area contributed by atoms with Gasteiger partial charge in [-0.15, -0.1) is 0 Å². The molecule has 1 amide bonds. The highest BCUT2D eigenvalue weighted by Gasteiger charge is 2.15. The minimum absolute atomic E-state index is 0.0621. The lowest BCUT2D eigenvalue weighted by molar-refractivity contribution is 0.1000. The first-order chi connectivity index (χ1) is 17.9. The molecule has 37 heavy (non-hydrogen) atoms. The highest BCUT2D eigenvalue weighted by molar-refractivity contribution is 5.92. The van der Waals surface area contributed by atoms with Crippen molar-refractivity contribution in [2.75, 3.05) is 26.3 Å². The number of phenols is 2. The molecule has 198 valence electrons. The van der Waals surface area contributed by atoms with Crippen LogP contribution in [0.25, 0.3) is 0 Å². The van der Waals surface area contributed by atoms with E-state index in [1.54, 1.807) is 48.5 Å². The number of carbonyl (C=O) groups is 1. The quantitative estimate of drug-likeness (QED) is 0.185. The van der Waals surface area contributed by atoms with Crippen LogP contribution >= 0.6 is 0 Å². The molecule has 0 fully saturated rings. The Hall–Kier alpha value is -3.75. The Morgan fingerprint density at radius 3 is 1.84 bits per heavy atom. The van der Waals surface area contributed by atoms with Crippen LogP contribution in [0.3, 0.4) is 0 Å². The monoisotopic (exact) mass is 507 g/mol. The summed E-state index contributed by atoms with van der Waals surface area (Å²) in [5.41, 5.74) is 6.95. The van der Waals surface area contributed by atoms with Crippen LogP contribution < -0.4 is 25.8 Å². The second-order valence-electron chi connectivity index (χ2n) is 8.92. The van der Waals surface area contributed by atoms with Gasteiger partial charge in [-0.3, -0.25) is 4.79 Å². The second-order valence-corrected chi connectivity index (χ2v) is 8.92. The summed E-state index contributed by atoms with van der Waals surface area (Å²) in [6, 6.07) is 21.5. The van der Waals surface area contributed by atoms with Crippen molar-refractivity contribution in [2.24, 2.45) is 5.73 Å². The van der Waals surface area contributed by atoms with E-state index < -0.39 is 5.91 Å². The Labute approximate surface area is 218 Å². The standard InChI is InChI=1S/C29H37N3O5/c1-21(31-16-6-18-36-27-10-4-2-8-25(27)33)20-24(22-12-14-23(15-13-22)29(30)35)32-17-7-19-37-28-11-5-3-9-26(28)34/h2-5,8-15,21,24,31-34H,6-7,16-20H2,1H3,(H2,30,35). The number of amides is 1. The third kappa shape index (κ3) is 9.33. The summed E-state index contributed by atoms with van der Waals surface area (Å²) in [5.74, 6) is 0.800. The molecule has 0 saturated carbocycles. The van der Waals surface area contributed by atoms with Gasteiger partial charge in [-0.1, -0.05) is 36.4 Å². The van der Waals surface area contributed by atoms with Gasteiger partial charge in [0, 0.05) is 17.6 Å². The van der Waals surface area contributed by atoms with E-state index >= 15 is 0 Å². The molecule has 0 saturated heterocycles. The lowest BCUT2D eigenvalue weighted by Crippen LogP contribution is -2.34. The van der Waals surface area contributed by atoms with Gasteiger partial charge in [0.15, 0.2) is 23.0 Å². The highest BCUT2D eigenvalue weighted by Crippen LogP contribution is 2.25. The fourth-order valence-corrected chi connectivity index (χ4v) is 3.95. The molecule has 3 rings (SSSR count). The van der Waals surface area contributed by atoms with Crippen molar-refractivity contribution >= 4 is 5.91 Å². The number of hydrogen-bond acceptors (Lipinski definition) is 7. The van der Waals surface area contributed by atoms with Gasteiger partial charge in [-0.2, -0.15) is 0 Å². The molecule has 3 aromatic carbocycles. The number of carbonyl (C=O) groups excluding carboxylic acids is 1. The zero-order valence-corrected chi connectivity index (χ0v) is 21.2. The van der Waals surface area contributed by atoms with Gasteiger partial charge in [-0.25, -0.2) is 0 Å². The van der Waals surface area contributed by atoms with Gasteiger partial charge in [0.05, 0.1) is 13.2 Å². The number of nitrogens with two attached hydrogens (primary N) is 1. The first kappa shape index (κ1) is 27.8. The first-order valence-electron chi connectivity index (χ1n) is 12.6. The molecule has 0 radical (unpaired) electrons. The molecule has 3 aromatic rings. The summed E-state index contributed by atoms with van der Waals surface area (Å²) in [6.07, 6.45) is 2.39. The van der Waals surface area contributed by atoms with Gasteiger partial charge in [0.1, 0.15) is 0 Å². The number of aromatic hydroxyl groups is 2. The lowest BCUT2D eigenvalue weighted by atomic mass is 9.98. The Bertz CT molecular complexity index is 1110. The fraction of sp³-hybridized carbons (Fsp3) is 0.345. The summed E-state index contributed by atoms with van der Waals surface area (Å²) >= 11 is 0. The largest absolute Gasteiger partial charge is 0.504 e.